The fourth-order valence-corrected chi connectivity index (χ4v) is 0.687. The summed E-state index contributed by atoms with van der Waals surface area (Å²) in [5.74, 6) is -0.594. The lowest BCUT2D eigenvalue weighted by Crippen LogP contribution is -2.33. The van der Waals surface area contributed by atoms with Gasteiger partial charge in [0, 0.05) is 0 Å². The Hall–Kier alpha value is -1.52. The highest BCUT2D eigenvalue weighted by atomic mass is 16.5. The number of alkyl carbamates (subject to hydrolysis) is 1. The normalized spacial score (nSPS) is 10.1. The van der Waals surface area contributed by atoms with Gasteiger partial charge in [-0.3, -0.25) is 4.79 Å². The molecule has 0 atom stereocenters. The van der Waals surface area contributed by atoms with Crippen LogP contribution in [0, 0.1) is 0 Å². The van der Waals surface area contributed by atoms with E-state index in [1.807, 2.05) is 6.08 Å². The van der Waals surface area contributed by atoms with E-state index in [1.54, 1.807) is 6.08 Å². The van der Waals surface area contributed by atoms with Gasteiger partial charge in [0.15, 0.2) is 0 Å². The molecule has 0 saturated heterocycles. The molecule has 80 valence electrons. The number of rotatable bonds is 6. The number of primary amides is 1. The topological polar surface area (TPSA) is 81.4 Å². The van der Waals surface area contributed by atoms with Gasteiger partial charge in [-0.05, 0) is 6.42 Å². The Kier molecular flexibility index (Phi) is 7.22. The summed E-state index contributed by atoms with van der Waals surface area (Å²) in [5.41, 5.74) is 4.81. The third-order valence-electron chi connectivity index (χ3n) is 1.34. The second kappa shape index (κ2) is 8.10. The summed E-state index contributed by atoms with van der Waals surface area (Å²) in [6.45, 7) is 2.08. The number of ether oxygens (including phenoxy) is 1. The van der Waals surface area contributed by atoms with Crippen molar-refractivity contribution in [1.29, 1.82) is 0 Å². The number of unbranched alkanes of at least 4 members (excludes halogenated alkanes) is 1. The molecule has 0 rings (SSSR count). The molecule has 0 aliphatic heterocycles. The van der Waals surface area contributed by atoms with Crippen LogP contribution >= 0.6 is 0 Å². The van der Waals surface area contributed by atoms with Gasteiger partial charge >= 0.3 is 6.09 Å². The number of hydrogen-bond donors (Lipinski definition) is 2. The first kappa shape index (κ1) is 12.5. The van der Waals surface area contributed by atoms with Gasteiger partial charge in [0.1, 0.15) is 6.61 Å². The quantitative estimate of drug-likeness (QED) is 0.614. The van der Waals surface area contributed by atoms with Crippen LogP contribution in [0.5, 0.6) is 0 Å². The Labute approximate surface area is 83.3 Å². The molecule has 5 nitrogen and oxygen atoms in total. The highest BCUT2D eigenvalue weighted by molar-refractivity contribution is 5.80. The monoisotopic (exact) mass is 200 g/mol. The standard InChI is InChI=1S/C9H16N2O3/c1-2-3-4-5-6-14-9(13)11-7-8(10)12/h4-5H,2-3,6-7H2,1H3,(H2,10,12)(H,11,13)/b5-4-. The van der Waals surface area contributed by atoms with E-state index in [2.05, 4.69) is 12.2 Å². The molecule has 0 unspecified atom stereocenters. The van der Waals surface area contributed by atoms with Gasteiger partial charge in [0.05, 0.1) is 6.54 Å². The van der Waals surface area contributed by atoms with Crippen molar-refractivity contribution >= 4 is 12.0 Å². The van der Waals surface area contributed by atoms with Crippen LogP contribution in [-0.4, -0.2) is 25.2 Å². The number of carbonyl (C=O) groups is 2. The van der Waals surface area contributed by atoms with E-state index in [1.165, 1.54) is 0 Å². The number of hydrogen-bond acceptors (Lipinski definition) is 3. The maximum Gasteiger partial charge on any atom is 0.407 e. The zero-order valence-corrected chi connectivity index (χ0v) is 8.29. The maximum atomic E-state index is 10.8. The van der Waals surface area contributed by atoms with Gasteiger partial charge < -0.3 is 15.8 Å². The molecule has 0 bridgehead atoms. The molecule has 14 heavy (non-hydrogen) atoms. The summed E-state index contributed by atoms with van der Waals surface area (Å²) >= 11 is 0. The van der Waals surface area contributed by atoms with Gasteiger partial charge in [0.2, 0.25) is 5.91 Å². The van der Waals surface area contributed by atoms with Gasteiger partial charge in [0.25, 0.3) is 0 Å². The smallest absolute Gasteiger partial charge is 0.407 e. The van der Waals surface area contributed by atoms with Crippen LogP contribution in [0.15, 0.2) is 12.2 Å². The van der Waals surface area contributed by atoms with Crippen molar-refractivity contribution in [1.82, 2.24) is 5.32 Å². The van der Waals surface area contributed by atoms with Crippen molar-refractivity contribution in [3.8, 4) is 0 Å². The van der Waals surface area contributed by atoms with E-state index in [9.17, 15) is 9.59 Å². The summed E-state index contributed by atoms with van der Waals surface area (Å²) in [5, 5.41) is 2.20. The molecule has 0 aliphatic carbocycles. The zero-order valence-electron chi connectivity index (χ0n) is 8.29. The van der Waals surface area contributed by atoms with Gasteiger partial charge in [-0.2, -0.15) is 0 Å². The lowest BCUT2D eigenvalue weighted by atomic mass is 10.3. The molecule has 2 amide bonds. The van der Waals surface area contributed by atoms with Crippen LogP contribution in [-0.2, 0) is 9.53 Å². The minimum atomic E-state index is -0.634. The minimum Gasteiger partial charge on any atom is -0.445 e. The lowest BCUT2D eigenvalue weighted by Gasteiger charge is -2.01. The van der Waals surface area contributed by atoms with Crippen molar-refractivity contribution < 1.29 is 14.3 Å². The van der Waals surface area contributed by atoms with Gasteiger partial charge in [-0.15, -0.1) is 0 Å². The van der Waals surface area contributed by atoms with E-state index in [0.29, 0.717) is 0 Å². The van der Waals surface area contributed by atoms with Crippen molar-refractivity contribution in [3.63, 3.8) is 0 Å². The van der Waals surface area contributed by atoms with Crippen LogP contribution in [0.1, 0.15) is 19.8 Å². The second-order valence-corrected chi connectivity index (χ2v) is 2.68. The lowest BCUT2D eigenvalue weighted by molar-refractivity contribution is -0.117. The molecule has 0 saturated carbocycles. The first-order valence-electron chi connectivity index (χ1n) is 4.50. The molecule has 5 heteroatoms. The predicted octanol–water partition coefficient (Wildman–Crippen LogP) is 0.554. The fourth-order valence-electron chi connectivity index (χ4n) is 0.687. The number of nitrogens with one attached hydrogen (secondary N) is 1. The van der Waals surface area contributed by atoms with E-state index in [0.717, 1.165) is 12.8 Å². The Bertz CT molecular complexity index is 214. The third kappa shape index (κ3) is 8.58. The summed E-state index contributed by atoms with van der Waals surface area (Å²) in [7, 11) is 0. The van der Waals surface area contributed by atoms with Crippen LogP contribution in [0.2, 0.25) is 0 Å². The average molecular weight is 200 g/mol. The van der Waals surface area contributed by atoms with E-state index >= 15 is 0 Å². The molecule has 0 aliphatic rings. The van der Waals surface area contributed by atoms with E-state index in [4.69, 9.17) is 10.5 Å². The van der Waals surface area contributed by atoms with Crippen LogP contribution in [0.3, 0.4) is 0 Å². The van der Waals surface area contributed by atoms with Crippen molar-refractivity contribution in [3.05, 3.63) is 12.2 Å². The van der Waals surface area contributed by atoms with Crippen molar-refractivity contribution in [2.45, 2.75) is 19.8 Å². The van der Waals surface area contributed by atoms with Crippen molar-refractivity contribution in [2.75, 3.05) is 13.2 Å². The second-order valence-electron chi connectivity index (χ2n) is 2.68. The van der Waals surface area contributed by atoms with Gasteiger partial charge in [-0.25, -0.2) is 4.79 Å². The number of nitrogens with two attached hydrogens (primary N) is 1. The number of amides is 2. The summed E-state index contributed by atoms with van der Waals surface area (Å²) in [6.07, 6.45) is 5.08. The van der Waals surface area contributed by atoms with Gasteiger partial charge in [-0.1, -0.05) is 25.5 Å². The maximum absolute atomic E-state index is 10.8. The molecule has 0 aromatic heterocycles. The van der Waals surface area contributed by atoms with E-state index < -0.39 is 12.0 Å². The highest BCUT2D eigenvalue weighted by Gasteiger charge is 2.00. The minimum absolute atomic E-state index is 0.197. The highest BCUT2D eigenvalue weighted by Crippen LogP contribution is 1.88. The largest absolute Gasteiger partial charge is 0.445 e. The summed E-state index contributed by atoms with van der Waals surface area (Å²) in [6, 6.07) is 0. The average Bonchev–Trinajstić information content (AvgIpc) is 2.14. The molecular formula is C9H16N2O3. The first-order chi connectivity index (χ1) is 6.66. The SMILES string of the molecule is CCC/C=C\COC(=O)NCC(N)=O. The van der Waals surface area contributed by atoms with Crippen LogP contribution in [0.4, 0.5) is 4.79 Å². The Morgan fingerprint density at radius 3 is 2.71 bits per heavy atom. The summed E-state index contributed by atoms with van der Waals surface area (Å²) in [4.78, 5) is 21.1. The first-order valence-corrected chi connectivity index (χ1v) is 4.50. The van der Waals surface area contributed by atoms with Crippen LogP contribution in [0.25, 0.3) is 0 Å². The molecule has 0 fully saturated rings. The zero-order chi connectivity index (χ0) is 10.8. The number of carbonyl (C=O) groups excluding carboxylic acids is 2. The molecule has 0 spiro atoms. The molecule has 0 radical (unpaired) electrons. The summed E-state index contributed by atoms with van der Waals surface area (Å²) < 4.78 is 4.69. The molecule has 3 N–H and O–H groups in total. The third-order valence-corrected chi connectivity index (χ3v) is 1.34. The number of allylic oxidation sites excluding steroid dienone is 1. The Morgan fingerprint density at radius 1 is 1.43 bits per heavy atom. The molecule has 0 aromatic carbocycles. The molecular weight excluding hydrogens is 184 g/mol. The van der Waals surface area contributed by atoms with E-state index in [-0.39, 0.29) is 13.2 Å². The van der Waals surface area contributed by atoms with Crippen LogP contribution < -0.4 is 11.1 Å². The molecule has 0 heterocycles. The Morgan fingerprint density at radius 2 is 2.14 bits per heavy atom. The molecule has 0 aromatic rings. The predicted molar refractivity (Wildman–Crippen MR) is 52.6 cm³/mol. The van der Waals surface area contributed by atoms with Crippen molar-refractivity contribution in [2.24, 2.45) is 5.73 Å². The fraction of sp³-hybridized carbons (Fsp3) is 0.556. The Balaban J connectivity index is 3.40.